The number of nitrogens with one attached hydrogen (secondary N) is 1. The molecule has 5 heteroatoms. The predicted octanol–water partition coefficient (Wildman–Crippen LogP) is 1.55. The van der Waals surface area contributed by atoms with Crippen molar-refractivity contribution in [3.63, 3.8) is 0 Å². The Hall–Kier alpha value is -1.36. The minimum absolute atomic E-state index is 0.0299. The highest BCUT2D eigenvalue weighted by molar-refractivity contribution is 5.95. The number of carbonyl (C=O) groups excluding carboxylic acids is 2. The number of fused-ring (bicyclic) bond motifs is 1. The summed E-state index contributed by atoms with van der Waals surface area (Å²) in [5, 5.41) is 11.0. The summed E-state index contributed by atoms with van der Waals surface area (Å²) >= 11 is 0. The molecule has 0 aliphatic carbocycles. The van der Waals surface area contributed by atoms with Crippen LogP contribution < -0.4 is 5.32 Å². The fourth-order valence-electron chi connectivity index (χ4n) is 2.39. The quantitative estimate of drug-likeness (QED) is 0.422. The van der Waals surface area contributed by atoms with Crippen LogP contribution >= 0.6 is 0 Å². The Bertz CT molecular complexity index is 343. The fourth-order valence-corrected chi connectivity index (χ4v) is 2.39. The molecule has 2 rings (SSSR count). The van der Waals surface area contributed by atoms with E-state index in [1.54, 1.807) is 0 Å². The highest BCUT2D eigenvalue weighted by Crippen LogP contribution is 2.31. The molecule has 2 fully saturated rings. The predicted molar refractivity (Wildman–Crippen MR) is 76.0 cm³/mol. The standard InChI is InChI=1S/C8H11NO3.C7H14O/c1-2-3-4-6-5(8(11)12-6)9-7(4)10;1-2-3-4-5-6-7-8/h4-6H,2-3H2,1H3,(H,9,10);2,8H,1,3-7H2. The van der Waals surface area contributed by atoms with Crippen molar-refractivity contribution >= 4 is 11.9 Å². The van der Waals surface area contributed by atoms with Crippen molar-refractivity contribution in [1.82, 2.24) is 5.32 Å². The molecular weight excluding hydrogens is 258 g/mol. The van der Waals surface area contributed by atoms with Gasteiger partial charge in [0.2, 0.25) is 5.91 Å². The van der Waals surface area contributed by atoms with E-state index < -0.39 is 0 Å². The minimum atomic E-state index is -0.339. The van der Waals surface area contributed by atoms with E-state index in [4.69, 9.17) is 9.84 Å². The first-order chi connectivity index (χ1) is 9.65. The van der Waals surface area contributed by atoms with Crippen molar-refractivity contribution < 1.29 is 19.4 Å². The van der Waals surface area contributed by atoms with E-state index >= 15 is 0 Å². The van der Waals surface area contributed by atoms with Gasteiger partial charge in [0.15, 0.2) is 6.04 Å². The molecular formula is C15H25NO4. The molecule has 1 amide bonds. The largest absolute Gasteiger partial charge is 0.457 e. The van der Waals surface area contributed by atoms with Crippen molar-refractivity contribution in [2.45, 2.75) is 57.6 Å². The Morgan fingerprint density at radius 1 is 1.35 bits per heavy atom. The smallest absolute Gasteiger partial charge is 0.332 e. The molecule has 3 atom stereocenters. The van der Waals surface area contributed by atoms with Crippen molar-refractivity contribution in [1.29, 1.82) is 0 Å². The summed E-state index contributed by atoms with van der Waals surface area (Å²) in [5.41, 5.74) is 0. The molecule has 2 N–H and O–H groups in total. The molecule has 0 aromatic heterocycles. The molecule has 3 unspecified atom stereocenters. The van der Waals surface area contributed by atoms with Gasteiger partial charge in [0.25, 0.3) is 0 Å². The maximum absolute atomic E-state index is 11.2. The first-order valence-electron chi connectivity index (χ1n) is 7.38. The summed E-state index contributed by atoms with van der Waals surface area (Å²) in [6, 6.07) is -0.339. The minimum Gasteiger partial charge on any atom is -0.457 e. The van der Waals surface area contributed by atoms with Crippen LogP contribution in [-0.4, -0.2) is 35.7 Å². The van der Waals surface area contributed by atoms with Gasteiger partial charge in [-0.3, -0.25) is 4.79 Å². The van der Waals surface area contributed by atoms with Crippen LogP contribution in [0.3, 0.4) is 0 Å². The molecule has 0 radical (unpaired) electrons. The van der Waals surface area contributed by atoms with Crippen LogP contribution in [0.1, 0.15) is 45.4 Å². The van der Waals surface area contributed by atoms with E-state index in [1.807, 2.05) is 13.0 Å². The Morgan fingerprint density at radius 3 is 2.60 bits per heavy atom. The third-order valence-corrected chi connectivity index (χ3v) is 3.53. The number of hydrogen-bond donors (Lipinski definition) is 2. The van der Waals surface area contributed by atoms with Gasteiger partial charge in [-0.15, -0.1) is 6.58 Å². The van der Waals surface area contributed by atoms with Gasteiger partial charge in [-0.05, 0) is 25.7 Å². The average molecular weight is 283 g/mol. The van der Waals surface area contributed by atoms with Crippen LogP contribution in [0.15, 0.2) is 12.7 Å². The number of rotatable bonds is 7. The molecule has 2 heterocycles. The second-order valence-electron chi connectivity index (χ2n) is 5.14. The van der Waals surface area contributed by atoms with Crippen molar-refractivity contribution in [2.24, 2.45) is 5.92 Å². The normalized spacial score (nSPS) is 26.6. The third-order valence-electron chi connectivity index (χ3n) is 3.53. The lowest BCUT2D eigenvalue weighted by atomic mass is 9.93. The van der Waals surface area contributed by atoms with E-state index in [0.29, 0.717) is 6.61 Å². The lowest BCUT2D eigenvalue weighted by Crippen LogP contribution is -2.53. The van der Waals surface area contributed by atoms with E-state index in [9.17, 15) is 9.59 Å². The molecule has 20 heavy (non-hydrogen) atoms. The molecule has 114 valence electrons. The van der Waals surface area contributed by atoms with Crippen LogP contribution in [-0.2, 0) is 14.3 Å². The Labute approximate surface area is 120 Å². The van der Waals surface area contributed by atoms with Gasteiger partial charge in [-0.25, -0.2) is 4.79 Å². The van der Waals surface area contributed by atoms with Crippen molar-refractivity contribution in [3.05, 3.63) is 12.7 Å². The van der Waals surface area contributed by atoms with E-state index in [2.05, 4.69) is 11.9 Å². The van der Waals surface area contributed by atoms with Gasteiger partial charge in [0.05, 0.1) is 5.92 Å². The molecule has 5 nitrogen and oxygen atoms in total. The monoisotopic (exact) mass is 283 g/mol. The lowest BCUT2D eigenvalue weighted by molar-refractivity contribution is -0.176. The number of esters is 1. The van der Waals surface area contributed by atoms with E-state index in [1.165, 1.54) is 6.42 Å². The van der Waals surface area contributed by atoms with Crippen LogP contribution in [0.4, 0.5) is 0 Å². The second-order valence-corrected chi connectivity index (χ2v) is 5.14. The molecule has 2 saturated heterocycles. The molecule has 2 aliphatic heterocycles. The highest BCUT2D eigenvalue weighted by Gasteiger charge is 2.55. The van der Waals surface area contributed by atoms with Crippen LogP contribution in [0.2, 0.25) is 0 Å². The zero-order valence-electron chi connectivity index (χ0n) is 12.1. The number of aliphatic hydroxyl groups is 1. The number of hydrogen-bond acceptors (Lipinski definition) is 4. The highest BCUT2D eigenvalue weighted by atomic mass is 16.6. The number of amides is 1. The first kappa shape index (κ1) is 16.7. The molecule has 0 bridgehead atoms. The maximum Gasteiger partial charge on any atom is 0.332 e. The number of aliphatic hydroxyl groups excluding tert-OH is 1. The van der Waals surface area contributed by atoms with E-state index in [0.717, 1.165) is 32.1 Å². The number of carbonyl (C=O) groups is 2. The molecule has 0 aromatic rings. The summed E-state index contributed by atoms with van der Waals surface area (Å²) < 4.78 is 4.88. The van der Waals surface area contributed by atoms with Gasteiger partial charge >= 0.3 is 5.97 Å². The average Bonchev–Trinajstić information content (AvgIpc) is 2.69. The summed E-state index contributed by atoms with van der Waals surface area (Å²) in [6.45, 7) is 5.94. The second kappa shape index (κ2) is 8.74. The van der Waals surface area contributed by atoms with Crippen LogP contribution in [0.25, 0.3) is 0 Å². The van der Waals surface area contributed by atoms with Gasteiger partial charge in [0, 0.05) is 6.61 Å². The Balaban J connectivity index is 0.000000221. The lowest BCUT2D eigenvalue weighted by Gasteiger charge is -2.30. The zero-order chi connectivity index (χ0) is 15.0. The topological polar surface area (TPSA) is 75.6 Å². The van der Waals surface area contributed by atoms with Gasteiger partial charge < -0.3 is 15.2 Å². The molecule has 0 saturated carbocycles. The zero-order valence-corrected chi connectivity index (χ0v) is 12.1. The van der Waals surface area contributed by atoms with Crippen LogP contribution in [0.5, 0.6) is 0 Å². The summed E-state index contributed by atoms with van der Waals surface area (Å²) in [7, 11) is 0. The van der Waals surface area contributed by atoms with Gasteiger partial charge in [0.1, 0.15) is 6.10 Å². The van der Waals surface area contributed by atoms with E-state index in [-0.39, 0.29) is 29.9 Å². The molecule has 0 spiro atoms. The third kappa shape index (κ3) is 4.34. The summed E-state index contributed by atoms with van der Waals surface area (Å²) in [4.78, 5) is 22.0. The summed E-state index contributed by atoms with van der Waals surface area (Å²) in [6.07, 6.45) is 7.81. The summed E-state index contributed by atoms with van der Waals surface area (Å²) in [5.74, 6) is -0.414. The molecule has 0 aromatic carbocycles. The number of ether oxygens (including phenoxy) is 1. The van der Waals surface area contributed by atoms with Crippen LogP contribution in [0, 0.1) is 5.92 Å². The number of unbranched alkanes of at least 4 members (excludes halogenated alkanes) is 3. The van der Waals surface area contributed by atoms with Crippen molar-refractivity contribution in [3.8, 4) is 0 Å². The SMILES string of the molecule is C=CCCCCCO.CCCC1C(=O)NC2C(=O)OC12. The van der Waals surface area contributed by atoms with Crippen molar-refractivity contribution in [2.75, 3.05) is 6.61 Å². The Kier molecular flexibility index (Phi) is 7.30. The fraction of sp³-hybridized carbons (Fsp3) is 0.733. The molecule has 2 aliphatic rings. The first-order valence-corrected chi connectivity index (χ1v) is 7.38. The number of allylic oxidation sites excluding steroid dienone is 1. The Morgan fingerprint density at radius 2 is 2.10 bits per heavy atom. The van der Waals surface area contributed by atoms with Gasteiger partial charge in [-0.1, -0.05) is 25.8 Å². The van der Waals surface area contributed by atoms with Gasteiger partial charge in [-0.2, -0.15) is 0 Å². The maximum atomic E-state index is 11.2.